The van der Waals surface area contributed by atoms with Crippen molar-refractivity contribution in [3.63, 3.8) is 0 Å². The Balaban J connectivity index is 2.53. The Kier molecular flexibility index (Phi) is 2.48. The third kappa shape index (κ3) is 1.48. The molecule has 2 fully saturated rings. The van der Waals surface area contributed by atoms with E-state index in [1.54, 1.807) is 0 Å². The average Bonchev–Trinajstić information content (AvgIpc) is 2.64. The summed E-state index contributed by atoms with van der Waals surface area (Å²) in [7, 11) is -4.29. The predicted molar refractivity (Wildman–Crippen MR) is 50.1 cm³/mol. The van der Waals surface area contributed by atoms with Crippen LogP contribution in [-0.4, -0.2) is 49.3 Å². The van der Waals surface area contributed by atoms with Crippen molar-refractivity contribution in [1.29, 1.82) is 0 Å². The lowest BCUT2D eigenvalue weighted by molar-refractivity contribution is -0.215. The smallest absolute Gasteiger partial charge is 0.397 e. The van der Waals surface area contributed by atoms with E-state index in [4.69, 9.17) is 5.11 Å². The molecule has 2 rings (SSSR count). The lowest BCUT2D eigenvalue weighted by Crippen LogP contribution is -2.45. The van der Waals surface area contributed by atoms with Gasteiger partial charge in [-0.25, -0.2) is 8.42 Å². The summed E-state index contributed by atoms with van der Waals surface area (Å²) < 4.78 is 62.5. The molecule has 2 heterocycles. The summed E-state index contributed by atoms with van der Waals surface area (Å²) in [6, 6.07) is 0. The fourth-order valence-corrected chi connectivity index (χ4v) is 5.14. The molecule has 2 aliphatic heterocycles. The van der Waals surface area contributed by atoms with Crippen molar-refractivity contribution in [1.82, 2.24) is 5.32 Å². The van der Waals surface area contributed by atoms with Crippen LogP contribution in [0.1, 0.15) is 6.42 Å². The number of hydrogen-bond acceptors (Lipinski definition) is 4. The van der Waals surface area contributed by atoms with Crippen molar-refractivity contribution in [3.05, 3.63) is 0 Å². The minimum atomic E-state index is -4.72. The van der Waals surface area contributed by atoms with E-state index in [2.05, 4.69) is 5.32 Å². The second-order valence-electron chi connectivity index (χ2n) is 4.39. The molecule has 2 saturated heterocycles. The van der Waals surface area contributed by atoms with E-state index < -0.39 is 50.9 Å². The first kappa shape index (κ1) is 12.6. The van der Waals surface area contributed by atoms with Gasteiger partial charge in [-0.3, -0.25) is 4.79 Å². The molecule has 0 aromatic carbocycles. The zero-order valence-electron chi connectivity index (χ0n) is 8.49. The SMILES string of the molecule is O=C(O)C1C[C@@]2(C(F)(F)F)CNC[C@H]2S1(=O)=O. The Bertz CT molecular complexity index is 460. The van der Waals surface area contributed by atoms with Crippen LogP contribution >= 0.6 is 0 Å². The minimum absolute atomic E-state index is 0.342. The number of carboxylic acids is 1. The van der Waals surface area contributed by atoms with Gasteiger partial charge < -0.3 is 10.4 Å². The van der Waals surface area contributed by atoms with Crippen LogP contribution in [0.2, 0.25) is 0 Å². The number of halogens is 3. The van der Waals surface area contributed by atoms with Gasteiger partial charge in [-0.1, -0.05) is 0 Å². The Hall–Kier alpha value is -0.830. The molecule has 98 valence electrons. The molecule has 0 radical (unpaired) electrons. The number of fused-ring (bicyclic) bond motifs is 1. The maximum absolute atomic E-state index is 13.0. The number of carbonyl (C=O) groups is 1. The Morgan fingerprint density at radius 2 is 2.00 bits per heavy atom. The summed E-state index contributed by atoms with van der Waals surface area (Å²) >= 11 is 0. The highest BCUT2D eigenvalue weighted by molar-refractivity contribution is 7.93. The van der Waals surface area contributed by atoms with Gasteiger partial charge in [0, 0.05) is 13.1 Å². The second-order valence-corrected chi connectivity index (χ2v) is 6.71. The topological polar surface area (TPSA) is 83.5 Å². The molecule has 0 bridgehead atoms. The molecule has 0 spiro atoms. The number of sulfone groups is 1. The van der Waals surface area contributed by atoms with Gasteiger partial charge in [0.2, 0.25) is 0 Å². The first-order valence-corrected chi connectivity index (χ1v) is 6.47. The van der Waals surface area contributed by atoms with Gasteiger partial charge in [-0.05, 0) is 6.42 Å². The van der Waals surface area contributed by atoms with E-state index in [1.165, 1.54) is 0 Å². The van der Waals surface area contributed by atoms with E-state index in [0.717, 1.165) is 0 Å². The average molecular weight is 273 g/mol. The van der Waals surface area contributed by atoms with Gasteiger partial charge in [0.25, 0.3) is 0 Å². The van der Waals surface area contributed by atoms with Gasteiger partial charge in [-0.2, -0.15) is 13.2 Å². The number of alkyl halides is 3. The molecule has 0 saturated carbocycles. The molecule has 2 N–H and O–H groups in total. The summed E-state index contributed by atoms with van der Waals surface area (Å²) in [5.41, 5.74) is -2.45. The van der Waals surface area contributed by atoms with Crippen LogP contribution in [0.4, 0.5) is 13.2 Å². The molecule has 5 nitrogen and oxygen atoms in total. The largest absolute Gasteiger partial charge is 0.480 e. The molecule has 3 atom stereocenters. The number of carboxylic acid groups (broad SMARTS) is 1. The zero-order chi connectivity index (χ0) is 13.1. The molecule has 2 aliphatic rings. The fraction of sp³-hybridized carbons (Fsp3) is 0.875. The van der Waals surface area contributed by atoms with E-state index in [-0.39, 0.29) is 6.54 Å². The molecule has 17 heavy (non-hydrogen) atoms. The summed E-state index contributed by atoms with van der Waals surface area (Å²) in [6.07, 6.45) is -5.62. The van der Waals surface area contributed by atoms with Crippen LogP contribution in [0.3, 0.4) is 0 Å². The maximum Gasteiger partial charge on any atom is 0.397 e. The van der Waals surface area contributed by atoms with Crippen molar-refractivity contribution < 1.29 is 31.5 Å². The summed E-state index contributed by atoms with van der Waals surface area (Å²) in [4.78, 5) is 10.8. The summed E-state index contributed by atoms with van der Waals surface area (Å²) in [5.74, 6) is -1.71. The molecule has 1 unspecified atom stereocenters. The lowest BCUT2D eigenvalue weighted by Gasteiger charge is -2.29. The highest BCUT2D eigenvalue weighted by Gasteiger charge is 2.72. The maximum atomic E-state index is 13.0. The van der Waals surface area contributed by atoms with Crippen molar-refractivity contribution in [2.45, 2.75) is 23.1 Å². The van der Waals surface area contributed by atoms with Crippen LogP contribution in [0.15, 0.2) is 0 Å². The van der Waals surface area contributed by atoms with Gasteiger partial charge in [-0.15, -0.1) is 0 Å². The minimum Gasteiger partial charge on any atom is -0.480 e. The summed E-state index contributed by atoms with van der Waals surface area (Å²) in [6.45, 7) is -0.879. The number of aliphatic carboxylic acids is 1. The van der Waals surface area contributed by atoms with Crippen molar-refractivity contribution in [3.8, 4) is 0 Å². The monoisotopic (exact) mass is 273 g/mol. The fourth-order valence-electron chi connectivity index (χ4n) is 2.64. The molecule has 0 amide bonds. The molecule has 0 aliphatic carbocycles. The standard InChI is InChI=1S/C8H10F3NO4S/c9-8(10,11)7-1-4(6(13)14)17(15,16)5(7)2-12-3-7/h4-5,12H,1-3H2,(H,13,14)/t4?,5-,7-/m1/s1. The Labute approximate surface area is 94.9 Å². The van der Waals surface area contributed by atoms with E-state index >= 15 is 0 Å². The molecule has 0 aromatic heterocycles. The molecular weight excluding hydrogens is 263 g/mol. The molecule has 0 aromatic rings. The second kappa shape index (κ2) is 3.35. The molecule has 9 heteroatoms. The van der Waals surface area contributed by atoms with E-state index in [0.29, 0.717) is 0 Å². The van der Waals surface area contributed by atoms with Gasteiger partial charge in [0.05, 0.1) is 10.7 Å². The van der Waals surface area contributed by atoms with Crippen LogP contribution < -0.4 is 5.32 Å². The van der Waals surface area contributed by atoms with Gasteiger partial charge in [0.1, 0.15) is 0 Å². The van der Waals surface area contributed by atoms with Gasteiger partial charge >= 0.3 is 12.1 Å². The van der Waals surface area contributed by atoms with Crippen LogP contribution in [0.25, 0.3) is 0 Å². The quantitative estimate of drug-likeness (QED) is 0.690. The van der Waals surface area contributed by atoms with E-state index in [1.807, 2.05) is 0 Å². The van der Waals surface area contributed by atoms with Crippen LogP contribution in [0.5, 0.6) is 0 Å². The zero-order valence-corrected chi connectivity index (χ0v) is 9.31. The highest BCUT2D eigenvalue weighted by Crippen LogP contribution is 2.54. The highest BCUT2D eigenvalue weighted by atomic mass is 32.2. The molecular formula is C8H10F3NO4S. The van der Waals surface area contributed by atoms with Crippen molar-refractivity contribution in [2.24, 2.45) is 5.41 Å². The number of rotatable bonds is 1. The Morgan fingerprint density at radius 1 is 1.41 bits per heavy atom. The predicted octanol–water partition coefficient (Wildman–Crippen LogP) is -0.221. The van der Waals surface area contributed by atoms with Crippen molar-refractivity contribution in [2.75, 3.05) is 13.1 Å². The number of hydrogen-bond donors (Lipinski definition) is 2. The number of nitrogens with one attached hydrogen (secondary N) is 1. The third-order valence-corrected chi connectivity index (χ3v) is 6.14. The van der Waals surface area contributed by atoms with Crippen LogP contribution in [-0.2, 0) is 14.6 Å². The first-order valence-electron chi connectivity index (χ1n) is 4.86. The lowest BCUT2D eigenvalue weighted by atomic mass is 9.81. The van der Waals surface area contributed by atoms with Crippen LogP contribution in [0, 0.1) is 5.41 Å². The first-order chi connectivity index (χ1) is 7.63. The Morgan fingerprint density at radius 3 is 2.41 bits per heavy atom. The summed E-state index contributed by atoms with van der Waals surface area (Å²) in [5, 5.41) is 7.48. The van der Waals surface area contributed by atoms with E-state index in [9.17, 15) is 26.4 Å². The normalized spacial score (nSPS) is 40.2. The third-order valence-electron chi connectivity index (χ3n) is 3.57. The van der Waals surface area contributed by atoms with Gasteiger partial charge in [0.15, 0.2) is 15.1 Å². The van der Waals surface area contributed by atoms with Crippen molar-refractivity contribution >= 4 is 15.8 Å².